The van der Waals surface area contributed by atoms with E-state index < -0.39 is 18.4 Å². The fourth-order valence-corrected chi connectivity index (χ4v) is 3.34. The van der Waals surface area contributed by atoms with Gasteiger partial charge >= 0.3 is 12.0 Å². The van der Waals surface area contributed by atoms with Crippen LogP contribution in [-0.2, 0) is 17.9 Å². The second-order valence-electron chi connectivity index (χ2n) is 7.32. The number of halogens is 3. The van der Waals surface area contributed by atoms with Gasteiger partial charge < -0.3 is 19.8 Å². The molecule has 2 heterocycles. The van der Waals surface area contributed by atoms with Gasteiger partial charge in [-0.1, -0.05) is 58.8 Å². The van der Waals surface area contributed by atoms with E-state index >= 15 is 0 Å². The maximum absolute atomic E-state index is 12.9. The Bertz CT molecular complexity index is 1100. The third-order valence-electron chi connectivity index (χ3n) is 5.08. The second-order valence-corrected chi connectivity index (χ2v) is 7.32. The Morgan fingerprint density at radius 1 is 1.06 bits per heavy atom. The molecule has 0 aliphatic carbocycles. The molecule has 4 rings (SSSR count). The van der Waals surface area contributed by atoms with Crippen LogP contribution in [0.1, 0.15) is 28.9 Å². The Balaban J connectivity index is 1.42. The SMILES string of the molecule is Cc1onc(-c2ccccc2)c1CNCc1cccc(C2=NOC(O)(C(F)(F)F)C2)c1. The third kappa shape index (κ3) is 4.33. The van der Waals surface area contributed by atoms with Gasteiger partial charge in [-0.15, -0.1) is 0 Å². The van der Waals surface area contributed by atoms with Gasteiger partial charge in [0.25, 0.3) is 0 Å². The first-order chi connectivity index (χ1) is 14.8. The molecule has 0 bridgehead atoms. The summed E-state index contributed by atoms with van der Waals surface area (Å²) in [5, 5.41) is 20.5. The molecule has 1 aliphatic rings. The van der Waals surface area contributed by atoms with E-state index in [1.54, 1.807) is 18.2 Å². The number of nitrogens with one attached hydrogen (secondary N) is 1. The van der Waals surface area contributed by atoms with Crippen LogP contribution in [0.2, 0.25) is 0 Å². The molecular formula is C22H20F3N3O3. The summed E-state index contributed by atoms with van der Waals surface area (Å²) < 4.78 is 44.1. The van der Waals surface area contributed by atoms with Crippen molar-refractivity contribution in [1.82, 2.24) is 10.5 Å². The number of hydrogen-bond donors (Lipinski definition) is 2. The van der Waals surface area contributed by atoms with E-state index in [2.05, 4.69) is 20.5 Å². The first kappa shape index (κ1) is 21.1. The highest BCUT2D eigenvalue weighted by molar-refractivity contribution is 6.01. The second kappa shape index (κ2) is 8.16. The predicted octanol–water partition coefficient (Wildman–Crippen LogP) is 4.32. The molecule has 0 amide bonds. The zero-order valence-electron chi connectivity index (χ0n) is 16.6. The van der Waals surface area contributed by atoms with Crippen LogP contribution in [-0.4, -0.2) is 27.9 Å². The fraction of sp³-hybridized carbons (Fsp3) is 0.273. The van der Waals surface area contributed by atoms with Crippen LogP contribution in [0, 0.1) is 6.92 Å². The lowest BCUT2D eigenvalue weighted by Crippen LogP contribution is -2.45. The highest BCUT2D eigenvalue weighted by Gasteiger charge is 2.60. The quantitative estimate of drug-likeness (QED) is 0.608. The van der Waals surface area contributed by atoms with Crippen LogP contribution in [0.3, 0.4) is 0 Å². The van der Waals surface area contributed by atoms with Crippen LogP contribution in [0.5, 0.6) is 0 Å². The summed E-state index contributed by atoms with van der Waals surface area (Å²) in [4.78, 5) is 4.30. The summed E-state index contributed by atoms with van der Waals surface area (Å²) in [6.07, 6.45) is -5.68. The van der Waals surface area contributed by atoms with Gasteiger partial charge in [-0.3, -0.25) is 0 Å². The molecule has 31 heavy (non-hydrogen) atoms. The molecule has 162 valence electrons. The molecule has 0 fully saturated rings. The minimum atomic E-state index is -4.93. The molecule has 3 aromatic rings. The molecule has 0 saturated heterocycles. The third-order valence-corrected chi connectivity index (χ3v) is 5.08. The van der Waals surface area contributed by atoms with Gasteiger partial charge in [0.1, 0.15) is 11.5 Å². The predicted molar refractivity (Wildman–Crippen MR) is 107 cm³/mol. The smallest absolute Gasteiger partial charge is 0.361 e. The molecule has 1 unspecified atom stereocenters. The number of alkyl halides is 3. The Morgan fingerprint density at radius 2 is 1.81 bits per heavy atom. The average Bonchev–Trinajstić information content (AvgIpc) is 3.33. The summed E-state index contributed by atoms with van der Waals surface area (Å²) in [6, 6.07) is 16.6. The number of rotatable bonds is 6. The van der Waals surface area contributed by atoms with Crippen molar-refractivity contribution in [2.75, 3.05) is 0 Å². The largest absolute Gasteiger partial charge is 0.458 e. The normalized spacial score (nSPS) is 18.7. The molecule has 1 aromatic heterocycles. The lowest BCUT2D eigenvalue weighted by molar-refractivity contribution is -0.355. The van der Waals surface area contributed by atoms with Gasteiger partial charge in [-0.2, -0.15) is 13.2 Å². The van der Waals surface area contributed by atoms with Crippen LogP contribution in [0.25, 0.3) is 11.3 Å². The van der Waals surface area contributed by atoms with E-state index in [0.29, 0.717) is 24.4 Å². The van der Waals surface area contributed by atoms with E-state index in [1.165, 1.54) is 0 Å². The first-order valence-corrected chi connectivity index (χ1v) is 9.61. The summed E-state index contributed by atoms with van der Waals surface area (Å²) in [5.41, 5.74) is 4.01. The number of benzene rings is 2. The van der Waals surface area contributed by atoms with Gasteiger partial charge in [0.15, 0.2) is 0 Å². The number of oxime groups is 1. The van der Waals surface area contributed by atoms with E-state index in [1.807, 2.05) is 43.3 Å². The van der Waals surface area contributed by atoms with Gasteiger partial charge in [0, 0.05) is 24.2 Å². The monoisotopic (exact) mass is 431 g/mol. The average molecular weight is 431 g/mol. The van der Waals surface area contributed by atoms with Crippen LogP contribution < -0.4 is 5.32 Å². The van der Waals surface area contributed by atoms with E-state index in [0.717, 1.165) is 22.4 Å². The molecular weight excluding hydrogens is 411 g/mol. The zero-order valence-corrected chi connectivity index (χ0v) is 16.6. The minimum Gasteiger partial charge on any atom is -0.361 e. The standard InChI is InChI=1S/C22H20F3N3O3/c1-14-18(20(28-30-14)16-7-3-2-4-8-16)13-26-12-15-6-5-9-17(10-15)19-11-21(29,31-27-19)22(23,24)25/h2-10,26,29H,11-13H2,1H3. The van der Waals surface area contributed by atoms with E-state index in [-0.39, 0.29) is 5.71 Å². The summed E-state index contributed by atoms with van der Waals surface area (Å²) in [6.45, 7) is 2.81. The summed E-state index contributed by atoms with van der Waals surface area (Å²) in [5.74, 6) is -2.57. The van der Waals surface area contributed by atoms with Crippen molar-refractivity contribution in [3.05, 3.63) is 77.0 Å². The summed E-state index contributed by atoms with van der Waals surface area (Å²) in [7, 11) is 0. The van der Waals surface area contributed by atoms with Gasteiger partial charge in [-0.25, -0.2) is 0 Å². The Morgan fingerprint density at radius 3 is 2.52 bits per heavy atom. The van der Waals surface area contributed by atoms with Gasteiger partial charge in [0.05, 0.1) is 12.1 Å². The molecule has 9 heteroatoms. The highest BCUT2D eigenvalue weighted by Crippen LogP contribution is 2.39. The van der Waals surface area contributed by atoms with Crippen LogP contribution >= 0.6 is 0 Å². The Kier molecular flexibility index (Phi) is 5.55. The molecule has 2 N–H and O–H groups in total. The number of nitrogens with zero attached hydrogens (tertiary/aromatic N) is 2. The Hall–Kier alpha value is -3.17. The van der Waals surface area contributed by atoms with Gasteiger partial charge in [0.2, 0.25) is 0 Å². The Labute approximate surface area is 176 Å². The van der Waals surface area contributed by atoms with Crippen molar-refractivity contribution >= 4 is 5.71 Å². The maximum Gasteiger partial charge on any atom is 0.458 e. The van der Waals surface area contributed by atoms with Crippen molar-refractivity contribution in [1.29, 1.82) is 0 Å². The summed E-state index contributed by atoms with van der Waals surface area (Å²) >= 11 is 0. The molecule has 0 spiro atoms. The number of aliphatic hydroxyl groups is 1. The van der Waals surface area contributed by atoms with Gasteiger partial charge in [-0.05, 0) is 24.1 Å². The highest BCUT2D eigenvalue weighted by atomic mass is 19.4. The van der Waals surface area contributed by atoms with Crippen molar-refractivity contribution < 1.29 is 27.6 Å². The van der Waals surface area contributed by atoms with E-state index in [9.17, 15) is 18.3 Å². The molecule has 0 radical (unpaired) electrons. The topological polar surface area (TPSA) is 79.9 Å². The molecule has 0 saturated carbocycles. The number of hydrogen-bond acceptors (Lipinski definition) is 6. The zero-order chi connectivity index (χ0) is 22.1. The lowest BCUT2D eigenvalue weighted by Gasteiger charge is -2.22. The first-order valence-electron chi connectivity index (χ1n) is 9.61. The minimum absolute atomic E-state index is 0.0444. The maximum atomic E-state index is 12.9. The van der Waals surface area contributed by atoms with Crippen LogP contribution in [0.15, 0.2) is 64.3 Å². The number of aromatic nitrogens is 1. The van der Waals surface area contributed by atoms with Crippen molar-refractivity contribution in [3.8, 4) is 11.3 Å². The molecule has 2 aromatic carbocycles. The fourth-order valence-electron chi connectivity index (χ4n) is 3.34. The number of aryl methyl sites for hydroxylation is 1. The lowest BCUT2D eigenvalue weighted by atomic mass is 10.0. The van der Waals surface area contributed by atoms with Crippen molar-refractivity contribution in [3.63, 3.8) is 0 Å². The van der Waals surface area contributed by atoms with Crippen LogP contribution in [0.4, 0.5) is 13.2 Å². The van der Waals surface area contributed by atoms with E-state index in [4.69, 9.17) is 4.52 Å². The van der Waals surface area contributed by atoms with Crippen molar-refractivity contribution in [2.45, 2.75) is 38.4 Å². The van der Waals surface area contributed by atoms with Crippen molar-refractivity contribution in [2.24, 2.45) is 5.16 Å². The molecule has 1 aliphatic heterocycles. The molecule has 6 nitrogen and oxygen atoms in total. The molecule has 1 atom stereocenters.